The molecule has 98 valence electrons. The molecule has 0 saturated carbocycles. The molecule has 1 aliphatic rings. The molecule has 6 heteroatoms. The third kappa shape index (κ3) is 4.12. The SMILES string of the molecule is C=CCS(=O)(=O)N1CCCCC1CCC(=O)O. The minimum Gasteiger partial charge on any atom is -0.481 e. The first-order valence-corrected chi connectivity index (χ1v) is 7.40. The topological polar surface area (TPSA) is 74.7 Å². The number of hydrogen-bond acceptors (Lipinski definition) is 3. The average molecular weight is 261 g/mol. The molecule has 0 aromatic carbocycles. The van der Waals surface area contributed by atoms with Crippen molar-refractivity contribution in [3.63, 3.8) is 0 Å². The van der Waals surface area contributed by atoms with Gasteiger partial charge >= 0.3 is 5.97 Å². The molecule has 1 atom stereocenters. The Morgan fingerprint density at radius 2 is 2.18 bits per heavy atom. The molecule has 0 aromatic heterocycles. The largest absolute Gasteiger partial charge is 0.481 e. The van der Waals surface area contributed by atoms with Crippen molar-refractivity contribution < 1.29 is 18.3 Å². The molecule has 1 unspecified atom stereocenters. The van der Waals surface area contributed by atoms with Crippen LogP contribution in [0.1, 0.15) is 32.1 Å². The molecular weight excluding hydrogens is 242 g/mol. The highest BCUT2D eigenvalue weighted by atomic mass is 32.2. The van der Waals surface area contributed by atoms with Crippen molar-refractivity contribution in [3.05, 3.63) is 12.7 Å². The van der Waals surface area contributed by atoms with Gasteiger partial charge in [0.25, 0.3) is 0 Å². The molecule has 1 heterocycles. The number of carboxylic acids is 1. The van der Waals surface area contributed by atoms with Crippen LogP contribution in [-0.4, -0.2) is 42.1 Å². The third-order valence-corrected chi connectivity index (χ3v) is 4.80. The van der Waals surface area contributed by atoms with E-state index in [0.29, 0.717) is 13.0 Å². The van der Waals surface area contributed by atoms with Crippen LogP contribution in [0.4, 0.5) is 0 Å². The Morgan fingerprint density at radius 3 is 2.76 bits per heavy atom. The van der Waals surface area contributed by atoms with Crippen LogP contribution in [-0.2, 0) is 14.8 Å². The zero-order valence-corrected chi connectivity index (χ0v) is 10.7. The number of sulfonamides is 1. The summed E-state index contributed by atoms with van der Waals surface area (Å²) in [5.41, 5.74) is 0. The van der Waals surface area contributed by atoms with Gasteiger partial charge in [-0.2, -0.15) is 4.31 Å². The summed E-state index contributed by atoms with van der Waals surface area (Å²) in [6, 6.07) is -0.162. The van der Waals surface area contributed by atoms with Gasteiger partial charge in [-0.05, 0) is 19.3 Å². The van der Waals surface area contributed by atoms with Crippen LogP contribution in [0.15, 0.2) is 12.7 Å². The highest BCUT2D eigenvalue weighted by Crippen LogP contribution is 2.24. The molecule has 1 rings (SSSR count). The van der Waals surface area contributed by atoms with E-state index in [1.54, 1.807) is 0 Å². The monoisotopic (exact) mass is 261 g/mol. The lowest BCUT2D eigenvalue weighted by molar-refractivity contribution is -0.137. The van der Waals surface area contributed by atoms with Gasteiger partial charge in [-0.1, -0.05) is 12.5 Å². The Hall–Kier alpha value is -0.880. The minimum atomic E-state index is -3.31. The highest BCUT2D eigenvalue weighted by Gasteiger charge is 2.31. The molecule has 0 bridgehead atoms. The fourth-order valence-electron chi connectivity index (χ4n) is 2.16. The molecule has 5 nitrogen and oxygen atoms in total. The second kappa shape index (κ2) is 6.16. The molecule has 17 heavy (non-hydrogen) atoms. The predicted octanol–water partition coefficient (Wildman–Crippen LogP) is 1.22. The van der Waals surface area contributed by atoms with E-state index in [2.05, 4.69) is 6.58 Å². The molecular formula is C11H19NO4S. The second-order valence-electron chi connectivity index (χ2n) is 4.26. The van der Waals surface area contributed by atoms with Gasteiger partial charge in [0, 0.05) is 19.0 Å². The van der Waals surface area contributed by atoms with E-state index in [-0.39, 0.29) is 18.2 Å². The summed E-state index contributed by atoms with van der Waals surface area (Å²) in [4.78, 5) is 10.5. The van der Waals surface area contributed by atoms with Gasteiger partial charge in [0.05, 0.1) is 5.75 Å². The van der Waals surface area contributed by atoms with Crippen LogP contribution in [0, 0.1) is 0 Å². The van der Waals surface area contributed by atoms with Crippen molar-refractivity contribution in [3.8, 4) is 0 Å². The zero-order valence-electron chi connectivity index (χ0n) is 9.84. The highest BCUT2D eigenvalue weighted by molar-refractivity contribution is 7.89. The fraction of sp³-hybridized carbons (Fsp3) is 0.727. The van der Waals surface area contributed by atoms with Crippen LogP contribution >= 0.6 is 0 Å². The normalized spacial score (nSPS) is 22.2. The van der Waals surface area contributed by atoms with Crippen LogP contribution in [0.5, 0.6) is 0 Å². The Bertz CT molecular complexity index is 377. The van der Waals surface area contributed by atoms with E-state index < -0.39 is 16.0 Å². The molecule has 0 aliphatic carbocycles. The first-order valence-electron chi connectivity index (χ1n) is 5.79. The third-order valence-electron chi connectivity index (χ3n) is 2.95. The van der Waals surface area contributed by atoms with Crippen molar-refractivity contribution in [2.75, 3.05) is 12.3 Å². The van der Waals surface area contributed by atoms with Crippen molar-refractivity contribution >= 4 is 16.0 Å². The summed E-state index contributed by atoms with van der Waals surface area (Å²) in [5.74, 6) is -0.951. The van der Waals surface area contributed by atoms with Crippen LogP contribution in [0.25, 0.3) is 0 Å². The summed E-state index contributed by atoms with van der Waals surface area (Å²) in [5, 5.41) is 8.65. The maximum atomic E-state index is 11.9. The number of carbonyl (C=O) groups is 1. The van der Waals surface area contributed by atoms with Gasteiger partial charge in [-0.15, -0.1) is 6.58 Å². The zero-order chi connectivity index (χ0) is 12.9. The van der Waals surface area contributed by atoms with Crippen LogP contribution < -0.4 is 0 Å². The molecule has 0 amide bonds. The summed E-state index contributed by atoms with van der Waals surface area (Å²) in [7, 11) is -3.31. The fourth-order valence-corrected chi connectivity index (χ4v) is 3.73. The number of rotatable bonds is 6. The molecule has 1 saturated heterocycles. The Kier molecular flexibility index (Phi) is 5.14. The lowest BCUT2D eigenvalue weighted by Crippen LogP contribution is -2.44. The van der Waals surface area contributed by atoms with Gasteiger partial charge in [-0.25, -0.2) is 8.42 Å². The van der Waals surface area contributed by atoms with E-state index in [0.717, 1.165) is 19.3 Å². The van der Waals surface area contributed by atoms with Crippen molar-refractivity contribution in [1.29, 1.82) is 0 Å². The smallest absolute Gasteiger partial charge is 0.303 e. The Balaban J connectivity index is 2.71. The number of nitrogens with zero attached hydrogens (tertiary/aromatic N) is 1. The van der Waals surface area contributed by atoms with E-state index in [1.807, 2.05) is 0 Å². The maximum Gasteiger partial charge on any atom is 0.303 e. The van der Waals surface area contributed by atoms with Gasteiger partial charge in [0.2, 0.25) is 10.0 Å². The summed E-state index contributed by atoms with van der Waals surface area (Å²) in [6.07, 6.45) is 4.35. The second-order valence-corrected chi connectivity index (χ2v) is 6.23. The minimum absolute atomic E-state index is 0.0186. The van der Waals surface area contributed by atoms with Gasteiger partial charge in [0.1, 0.15) is 0 Å². The summed E-state index contributed by atoms with van der Waals surface area (Å²) < 4.78 is 25.4. The number of carboxylic acid groups (broad SMARTS) is 1. The van der Waals surface area contributed by atoms with E-state index >= 15 is 0 Å². The Morgan fingerprint density at radius 1 is 1.47 bits per heavy atom. The lowest BCUT2D eigenvalue weighted by atomic mass is 10.0. The molecule has 0 aromatic rings. The van der Waals surface area contributed by atoms with Crippen molar-refractivity contribution in [1.82, 2.24) is 4.31 Å². The van der Waals surface area contributed by atoms with Crippen LogP contribution in [0.2, 0.25) is 0 Å². The lowest BCUT2D eigenvalue weighted by Gasteiger charge is -2.34. The molecule has 0 radical (unpaired) electrons. The average Bonchev–Trinajstić information content (AvgIpc) is 2.26. The van der Waals surface area contributed by atoms with Crippen molar-refractivity contribution in [2.45, 2.75) is 38.1 Å². The molecule has 1 aliphatic heterocycles. The van der Waals surface area contributed by atoms with E-state index in [9.17, 15) is 13.2 Å². The molecule has 1 fully saturated rings. The van der Waals surface area contributed by atoms with E-state index in [4.69, 9.17) is 5.11 Å². The quantitative estimate of drug-likeness (QED) is 0.729. The first-order chi connectivity index (χ1) is 7.97. The number of hydrogen-bond donors (Lipinski definition) is 1. The van der Waals surface area contributed by atoms with Gasteiger partial charge < -0.3 is 5.11 Å². The predicted molar refractivity (Wildman–Crippen MR) is 65.2 cm³/mol. The molecule has 1 N–H and O–H groups in total. The first kappa shape index (κ1) is 14.2. The standard InChI is InChI=1S/C11H19NO4S/c1-2-9-17(15,16)12-8-4-3-5-10(12)6-7-11(13)14/h2,10H,1,3-9H2,(H,13,14). The number of piperidine rings is 1. The van der Waals surface area contributed by atoms with Gasteiger partial charge in [-0.3, -0.25) is 4.79 Å². The van der Waals surface area contributed by atoms with Crippen molar-refractivity contribution in [2.24, 2.45) is 0 Å². The summed E-state index contributed by atoms with van der Waals surface area (Å²) in [6.45, 7) is 3.94. The summed E-state index contributed by atoms with van der Waals surface area (Å²) >= 11 is 0. The van der Waals surface area contributed by atoms with Gasteiger partial charge in [0.15, 0.2) is 0 Å². The Labute approximate surface area is 102 Å². The van der Waals surface area contributed by atoms with E-state index in [1.165, 1.54) is 10.4 Å². The maximum absolute atomic E-state index is 11.9. The number of aliphatic carboxylic acids is 1. The molecule has 0 spiro atoms. The van der Waals surface area contributed by atoms with Crippen LogP contribution in [0.3, 0.4) is 0 Å².